The molecule has 0 spiro atoms. The van der Waals surface area contributed by atoms with E-state index in [0.29, 0.717) is 35.0 Å². The smallest absolute Gasteiger partial charge is 0.335 e. The second-order valence-electron chi connectivity index (χ2n) is 6.02. The molecule has 1 heterocycles. The van der Waals surface area contributed by atoms with Crippen molar-refractivity contribution in [2.24, 2.45) is 0 Å². The van der Waals surface area contributed by atoms with Crippen LogP contribution in [0.3, 0.4) is 0 Å². The summed E-state index contributed by atoms with van der Waals surface area (Å²) in [6.45, 7) is 2.63. The van der Waals surface area contributed by atoms with Crippen LogP contribution in [0.15, 0.2) is 41.2 Å². The minimum absolute atomic E-state index is 0.0347. The molecule has 0 aliphatic rings. The van der Waals surface area contributed by atoms with Gasteiger partial charge in [-0.25, -0.2) is 9.78 Å². The first-order valence-electron chi connectivity index (χ1n) is 8.62. The molecule has 0 radical (unpaired) electrons. The molecule has 3 rings (SSSR count). The minimum Gasteiger partial charge on any atom is -0.497 e. The van der Waals surface area contributed by atoms with Gasteiger partial charge in [0.1, 0.15) is 17.3 Å². The van der Waals surface area contributed by atoms with Gasteiger partial charge in [-0.3, -0.25) is 4.79 Å². The number of fused-ring (bicyclic) bond motifs is 1. The molecule has 1 aromatic heterocycles. The van der Waals surface area contributed by atoms with Crippen LogP contribution in [-0.4, -0.2) is 34.8 Å². The van der Waals surface area contributed by atoms with E-state index in [1.54, 1.807) is 25.3 Å². The number of aromatic amines is 1. The van der Waals surface area contributed by atoms with Crippen LogP contribution in [0.2, 0.25) is 0 Å². The van der Waals surface area contributed by atoms with E-state index in [4.69, 9.17) is 14.6 Å². The summed E-state index contributed by atoms with van der Waals surface area (Å²) in [5.74, 6) is 0.437. The number of H-pyrrole nitrogens is 1. The standard InChI is InChI=1S/C20H20N2O5/c1-3-4-9-27-17-8-6-13(26-2)11-15(17)18-21-16-7-5-12(20(24)25)10-14(16)19(23)22-18/h5-8,10-11H,3-4,9H2,1-2H3,(H,24,25)(H,21,22,23). The van der Waals surface area contributed by atoms with Gasteiger partial charge in [-0.2, -0.15) is 0 Å². The first-order chi connectivity index (χ1) is 13.0. The summed E-state index contributed by atoms with van der Waals surface area (Å²) in [6.07, 6.45) is 1.91. The number of aromatic carboxylic acids is 1. The molecule has 0 aliphatic heterocycles. The Morgan fingerprint density at radius 1 is 1.22 bits per heavy atom. The van der Waals surface area contributed by atoms with Crippen LogP contribution < -0.4 is 15.0 Å². The Morgan fingerprint density at radius 3 is 2.74 bits per heavy atom. The summed E-state index contributed by atoms with van der Waals surface area (Å²) < 4.78 is 11.1. The number of unbranched alkanes of at least 4 members (excludes halogenated alkanes) is 1. The zero-order valence-electron chi connectivity index (χ0n) is 15.1. The van der Waals surface area contributed by atoms with Gasteiger partial charge in [0.2, 0.25) is 0 Å². The maximum absolute atomic E-state index is 12.5. The van der Waals surface area contributed by atoms with E-state index >= 15 is 0 Å². The molecule has 0 aliphatic carbocycles. The number of nitrogens with zero attached hydrogens (tertiary/aromatic N) is 1. The summed E-state index contributed by atoms with van der Waals surface area (Å²) in [7, 11) is 1.56. The number of methoxy groups -OCH3 is 1. The van der Waals surface area contributed by atoms with Crippen molar-refractivity contribution in [2.75, 3.05) is 13.7 Å². The third kappa shape index (κ3) is 3.92. The maximum atomic E-state index is 12.5. The Kier molecular flexibility index (Phi) is 5.40. The van der Waals surface area contributed by atoms with Gasteiger partial charge < -0.3 is 19.6 Å². The van der Waals surface area contributed by atoms with Gasteiger partial charge in [-0.15, -0.1) is 0 Å². The van der Waals surface area contributed by atoms with E-state index in [0.717, 1.165) is 12.8 Å². The second kappa shape index (κ2) is 7.90. The molecule has 0 fully saturated rings. The lowest BCUT2D eigenvalue weighted by Crippen LogP contribution is -2.11. The maximum Gasteiger partial charge on any atom is 0.335 e. The van der Waals surface area contributed by atoms with Crippen molar-refractivity contribution in [2.45, 2.75) is 19.8 Å². The van der Waals surface area contributed by atoms with Crippen molar-refractivity contribution in [3.8, 4) is 22.9 Å². The minimum atomic E-state index is -1.10. The Labute approximate surface area is 155 Å². The fourth-order valence-electron chi connectivity index (χ4n) is 2.67. The Bertz CT molecular complexity index is 1040. The van der Waals surface area contributed by atoms with Gasteiger partial charge in [0.15, 0.2) is 0 Å². The number of carboxylic acids is 1. The van der Waals surface area contributed by atoms with Crippen LogP contribution in [-0.2, 0) is 0 Å². The molecule has 3 aromatic rings. The third-order valence-electron chi connectivity index (χ3n) is 4.15. The molecule has 0 bridgehead atoms. The van der Waals surface area contributed by atoms with Crippen LogP contribution >= 0.6 is 0 Å². The number of benzene rings is 2. The molecule has 2 aromatic carbocycles. The van der Waals surface area contributed by atoms with E-state index < -0.39 is 11.5 Å². The highest BCUT2D eigenvalue weighted by Gasteiger charge is 2.14. The molecule has 0 saturated heterocycles. The zero-order valence-corrected chi connectivity index (χ0v) is 15.1. The van der Waals surface area contributed by atoms with Gasteiger partial charge in [0.05, 0.1) is 35.7 Å². The Hall–Kier alpha value is -3.35. The first kappa shape index (κ1) is 18.4. The Balaban J connectivity index is 2.12. The number of hydrogen-bond donors (Lipinski definition) is 2. The van der Waals surface area contributed by atoms with Crippen LogP contribution in [0, 0.1) is 0 Å². The van der Waals surface area contributed by atoms with Crippen molar-refractivity contribution >= 4 is 16.9 Å². The van der Waals surface area contributed by atoms with Gasteiger partial charge in [0.25, 0.3) is 5.56 Å². The largest absolute Gasteiger partial charge is 0.497 e. The number of nitrogens with one attached hydrogen (secondary N) is 1. The molecule has 0 saturated carbocycles. The van der Waals surface area contributed by atoms with Crippen LogP contribution in [0.4, 0.5) is 0 Å². The van der Waals surface area contributed by atoms with E-state index in [9.17, 15) is 9.59 Å². The molecule has 0 unspecified atom stereocenters. The predicted molar refractivity (Wildman–Crippen MR) is 102 cm³/mol. The van der Waals surface area contributed by atoms with E-state index in [1.165, 1.54) is 18.2 Å². The van der Waals surface area contributed by atoms with Crippen molar-refractivity contribution in [3.63, 3.8) is 0 Å². The topological polar surface area (TPSA) is 102 Å². The number of carboxylic acid groups (broad SMARTS) is 1. The molecule has 2 N–H and O–H groups in total. The molecular formula is C20H20N2O5. The van der Waals surface area contributed by atoms with E-state index in [2.05, 4.69) is 16.9 Å². The number of ether oxygens (including phenoxy) is 2. The molecule has 0 amide bonds. The van der Waals surface area contributed by atoms with Crippen LogP contribution in [0.1, 0.15) is 30.1 Å². The Morgan fingerprint density at radius 2 is 2.04 bits per heavy atom. The van der Waals surface area contributed by atoms with Crippen molar-refractivity contribution in [1.29, 1.82) is 0 Å². The second-order valence-corrected chi connectivity index (χ2v) is 6.02. The van der Waals surface area contributed by atoms with E-state index in [1.807, 2.05) is 0 Å². The molecule has 7 nitrogen and oxygen atoms in total. The number of rotatable bonds is 7. The van der Waals surface area contributed by atoms with Gasteiger partial charge in [-0.1, -0.05) is 13.3 Å². The van der Waals surface area contributed by atoms with Gasteiger partial charge in [0, 0.05) is 0 Å². The molecular weight excluding hydrogens is 348 g/mol. The summed E-state index contributed by atoms with van der Waals surface area (Å²) in [5.41, 5.74) is 0.626. The quantitative estimate of drug-likeness (QED) is 0.619. The SMILES string of the molecule is CCCCOc1ccc(OC)cc1-c1nc2ccc(C(=O)O)cc2c(=O)[nH]1. The van der Waals surface area contributed by atoms with Crippen LogP contribution in [0.5, 0.6) is 11.5 Å². The predicted octanol–water partition coefficient (Wildman–Crippen LogP) is 3.48. The summed E-state index contributed by atoms with van der Waals surface area (Å²) in [4.78, 5) is 30.8. The fourth-order valence-corrected chi connectivity index (χ4v) is 2.67. The lowest BCUT2D eigenvalue weighted by Gasteiger charge is -2.13. The number of hydrogen-bond acceptors (Lipinski definition) is 5. The molecule has 0 atom stereocenters. The van der Waals surface area contributed by atoms with Crippen molar-refractivity contribution in [1.82, 2.24) is 9.97 Å². The monoisotopic (exact) mass is 368 g/mol. The van der Waals surface area contributed by atoms with Crippen LogP contribution in [0.25, 0.3) is 22.3 Å². The summed E-state index contributed by atoms with van der Waals surface area (Å²) >= 11 is 0. The average molecular weight is 368 g/mol. The molecule has 7 heteroatoms. The van der Waals surface area contributed by atoms with E-state index in [-0.39, 0.29) is 10.9 Å². The average Bonchev–Trinajstić information content (AvgIpc) is 2.68. The highest BCUT2D eigenvalue weighted by atomic mass is 16.5. The van der Waals surface area contributed by atoms with Crippen molar-refractivity contribution < 1.29 is 19.4 Å². The van der Waals surface area contributed by atoms with Crippen molar-refractivity contribution in [3.05, 3.63) is 52.3 Å². The first-order valence-corrected chi connectivity index (χ1v) is 8.62. The number of carbonyl (C=O) groups is 1. The normalized spacial score (nSPS) is 10.7. The molecule has 140 valence electrons. The number of aromatic nitrogens is 2. The highest BCUT2D eigenvalue weighted by Crippen LogP contribution is 2.32. The lowest BCUT2D eigenvalue weighted by atomic mass is 10.1. The third-order valence-corrected chi connectivity index (χ3v) is 4.15. The van der Waals surface area contributed by atoms with Gasteiger partial charge in [-0.05, 0) is 42.8 Å². The zero-order chi connectivity index (χ0) is 19.4. The lowest BCUT2D eigenvalue weighted by molar-refractivity contribution is 0.0697. The highest BCUT2D eigenvalue weighted by molar-refractivity contribution is 5.93. The summed E-state index contributed by atoms with van der Waals surface area (Å²) in [5, 5.41) is 9.32. The summed E-state index contributed by atoms with van der Waals surface area (Å²) in [6, 6.07) is 9.57. The molecule has 27 heavy (non-hydrogen) atoms. The van der Waals surface area contributed by atoms with Gasteiger partial charge >= 0.3 is 5.97 Å². The fraction of sp³-hybridized carbons (Fsp3) is 0.250.